The van der Waals surface area contributed by atoms with E-state index in [4.69, 9.17) is 10.5 Å². The van der Waals surface area contributed by atoms with E-state index < -0.39 is 23.5 Å². The van der Waals surface area contributed by atoms with Crippen molar-refractivity contribution in [3.8, 4) is 11.5 Å². The highest BCUT2D eigenvalue weighted by molar-refractivity contribution is 5.46. The predicted octanol–water partition coefficient (Wildman–Crippen LogP) is 1.96. The molecule has 0 bridgehead atoms. The number of rotatable bonds is 2. The highest BCUT2D eigenvalue weighted by atomic mass is 19.4. The van der Waals surface area contributed by atoms with E-state index in [2.05, 4.69) is 0 Å². The third-order valence-corrected chi connectivity index (χ3v) is 1.93. The molecule has 3 nitrogen and oxygen atoms in total. The van der Waals surface area contributed by atoms with Gasteiger partial charge in [-0.2, -0.15) is 13.2 Å². The molecule has 15 heavy (non-hydrogen) atoms. The van der Waals surface area contributed by atoms with Gasteiger partial charge in [0.1, 0.15) is 17.5 Å². The summed E-state index contributed by atoms with van der Waals surface area (Å²) in [5, 5.41) is 9.30. The summed E-state index contributed by atoms with van der Waals surface area (Å²) < 4.78 is 41.7. The SMILES string of the molecule is COc1cccc(O)c1[C@@H](N)C(F)(F)F. The van der Waals surface area contributed by atoms with Gasteiger partial charge in [-0.1, -0.05) is 6.07 Å². The Labute approximate surface area is 84.3 Å². The topological polar surface area (TPSA) is 55.5 Å². The molecule has 0 saturated carbocycles. The van der Waals surface area contributed by atoms with Gasteiger partial charge in [-0.15, -0.1) is 0 Å². The summed E-state index contributed by atoms with van der Waals surface area (Å²) in [5.74, 6) is -0.612. The Morgan fingerprint density at radius 2 is 2.00 bits per heavy atom. The van der Waals surface area contributed by atoms with Gasteiger partial charge in [0.2, 0.25) is 0 Å². The summed E-state index contributed by atoms with van der Waals surface area (Å²) in [5.41, 5.74) is 4.53. The molecule has 1 aromatic carbocycles. The highest BCUT2D eigenvalue weighted by Gasteiger charge is 2.40. The lowest BCUT2D eigenvalue weighted by Gasteiger charge is -2.19. The van der Waals surface area contributed by atoms with Gasteiger partial charge in [0.15, 0.2) is 0 Å². The largest absolute Gasteiger partial charge is 0.507 e. The van der Waals surface area contributed by atoms with Crippen molar-refractivity contribution >= 4 is 0 Å². The minimum absolute atomic E-state index is 0.0835. The number of halogens is 3. The number of phenolic OH excluding ortho intramolecular Hbond substituents is 1. The van der Waals surface area contributed by atoms with Crippen molar-refractivity contribution in [3.63, 3.8) is 0 Å². The minimum atomic E-state index is -4.62. The Morgan fingerprint density at radius 1 is 1.40 bits per heavy atom. The van der Waals surface area contributed by atoms with E-state index in [1.54, 1.807) is 0 Å². The Balaban J connectivity index is 3.23. The molecule has 0 aromatic heterocycles. The molecule has 0 amide bonds. The Bertz CT molecular complexity index is 352. The van der Waals surface area contributed by atoms with Crippen LogP contribution >= 0.6 is 0 Å². The average molecular weight is 221 g/mol. The number of ether oxygens (including phenoxy) is 1. The van der Waals surface area contributed by atoms with Gasteiger partial charge in [0.05, 0.1) is 12.7 Å². The van der Waals surface area contributed by atoms with E-state index in [0.717, 1.165) is 6.07 Å². The molecule has 1 atom stereocenters. The summed E-state index contributed by atoms with van der Waals surface area (Å²) in [6.45, 7) is 0. The van der Waals surface area contributed by atoms with Crippen LogP contribution in [0.1, 0.15) is 11.6 Å². The fourth-order valence-corrected chi connectivity index (χ4v) is 1.19. The molecule has 1 rings (SSSR count). The summed E-state index contributed by atoms with van der Waals surface area (Å²) in [7, 11) is 1.21. The number of hydrogen-bond acceptors (Lipinski definition) is 3. The summed E-state index contributed by atoms with van der Waals surface area (Å²) in [4.78, 5) is 0. The second kappa shape index (κ2) is 3.98. The molecule has 1 aromatic rings. The van der Waals surface area contributed by atoms with E-state index in [-0.39, 0.29) is 5.75 Å². The van der Waals surface area contributed by atoms with Crippen molar-refractivity contribution in [1.29, 1.82) is 0 Å². The van der Waals surface area contributed by atoms with Crippen LogP contribution in [0, 0.1) is 0 Å². The number of benzene rings is 1. The number of alkyl halides is 3. The molecule has 6 heteroatoms. The number of nitrogens with two attached hydrogens (primary N) is 1. The van der Waals surface area contributed by atoms with E-state index in [9.17, 15) is 18.3 Å². The molecular formula is C9H10F3NO2. The zero-order chi connectivity index (χ0) is 11.6. The third-order valence-electron chi connectivity index (χ3n) is 1.93. The first-order chi connectivity index (χ1) is 6.88. The van der Waals surface area contributed by atoms with Gasteiger partial charge in [-0.25, -0.2) is 0 Å². The molecule has 3 N–H and O–H groups in total. The Kier molecular flexibility index (Phi) is 3.09. The first kappa shape index (κ1) is 11.6. The summed E-state index contributed by atoms with van der Waals surface area (Å²) in [6, 6.07) is 1.55. The molecule has 0 aliphatic heterocycles. The van der Waals surface area contributed by atoms with Crippen LogP contribution in [0.2, 0.25) is 0 Å². The van der Waals surface area contributed by atoms with Crippen LogP contribution in [0.15, 0.2) is 18.2 Å². The fourth-order valence-electron chi connectivity index (χ4n) is 1.19. The number of aromatic hydroxyl groups is 1. The number of phenols is 1. The lowest BCUT2D eigenvalue weighted by Crippen LogP contribution is -2.28. The van der Waals surface area contributed by atoms with Crippen LogP contribution in [-0.2, 0) is 0 Å². The van der Waals surface area contributed by atoms with Crippen molar-refractivity contribution in [2.24, 2.45) is 5.73 Å². The minimum Gasteiger partial charge on any atom is -0.507 e. The molecule has 0 unspecified atom stereocenters. The van der Waals surface area contributed by atoms with Gasteiger partial charge in [0.25, 0.3) is 0 Å². The van der Waals surface area contributed by atoms with Crippen LogP contribution in [0.5, 0.6) is 11.5 Å². The third kappa shape index (κ3) is 2.33. The normalized spacial score (nSPS) is 13.7. The highest BCUT2D eigenvalue weighted by Crippen LogP contribution is 2.39. The Hall–Kier alpha value is -1.43. The van der Waals surface area contributed by atoms with Crippen molar-refractivity contribution in [2.45, 2.75) is 12.2 Å². The van der Waals surface area contributed by atoms with E-state index >= 15 is 0 Å². The number of hydrogen-bond donors (Lipinski definition) is 2. The second-order valence-corrected chi connectivity index (χ2v) is 2.91. The van der Waals surface area contributed by atoms with Gasteiger partial charge >= 0.3 is 6.18 Å². The van der Waals surface area contributed by atoms with Crippen molar-refractivity contribution in [2.75, 3.05) is 7.11 Å². The summed E-state index contributed by atoms with van der Waals surface area (Å²) in [6.07, 6.45) is -4.62. The zero-order valence-corrected chi connectivity index (χ0v) is 7.88. The zero-order valence-electron chi connectivity index (χ0n) is 7.88. The van der Waals surface area contributed by atoms with Gasteiger partial charge in [-0.05, 0) is 12.1 Å². The first-order valence-electron chi connectivity index (χ1n) is 4.06. The predicted molar refractivity (Wildman–Crippen MR) is 47.6 cm³/mol. The van der Waals surface area contributed by atoms with Gasteiger partial charge < -0.3 is 15.6 Å². The van der Waals surface area contributed by atoms with Crippen LogP contribution in [0.3, 0.4) is 0 Å². The fraction of sp³-hybridized carbons (Fsp3) is 0.333. The first-order valence-corrected chi connectivity index (χ1v) is 4.06. The summed E-state index contributed by atoms with van der Waals surface area (Å²) >= 11 is 0. The smallest absolute Gasteiger partial charge is 0.407 e. The van der Waals surface area contributed by atoms with Crippen molar-refractivity contribution < 1.29 is 23.0 Å². The molecule has 0 spiro atoms. The lowest BCUT2D eigenvalue weighted by atomic mass is 10.0. The molecule has 0 saturated heterocycles. The molecule has 0 fully saturated rings. The molecule has 0 aliphatic rings. The van der Waals surface area contributed by atoms with Crippen LogP contribution in [-0.4, -0.2) is 18.4 Å². The van der Waals surface area contributed by atoms with Gasteiger partial charge in [-0.3, -0.25) is 0 Å². The monoisotopic (exact) mass is 221 g/mol. The van der Waals surface area contributed by atoms with Gasteiger partial charge in [0, 0.05) is 0 Å². The van der Waals surface area contributed by atoms with Crippen LogP contribution in [0.4, 0.5) is 13.2 Å². The van der Waals surface area contributed by atoms with E-state index in [0.29, 0.717) is 0 Å². The molecule has 84 valence electrons. The maximum Gasteiger partial charge on any atom is 0.407 e. The maximum atomic E-state index is 12.3. The van der Waals surface area contributed by atoms with Crippen molar-refractivity contribution in [1.82, 2.24) is 0 Å². The van der Waals surface area contributed by atoms with E-state index in [1.807, 2.05) is 0 Å². The maximum absolute atomic E-state index is 12.3. The molecular weight excluding hydrogens is 211 g/mol. The molecule has 0 aliphatic carbocycles. The average Bonchev–Trinajstić information content (AvgIpc) is 2.15. The van der Waals surface area contributed by atoms with Crippen molar-refractivity contribution in [3.05, 3.63) is 23.8 Å². The molecule has 0 heterocycles. The van der Waals surface area contributed by atoms with E-state index in [1.165, 1.54) is 19.2 Å². The molecule has 0 radical (unpaired) electrons. The Morgan fingerprint density at radius 3 is 2.47 bits per heavy atom. The second-order valence-electron chi connectivity index (χ2n) is 2.91. The lowest BCUT2D eigenvalue weighted by molar-refractivity contribution is -0.149. The number of methoxy groups -OCH3 is 1. The quantitative estimate of drug-likeness (QED) is 0.802. The standard InChI is InChI=1S/C9H10F3NO2/c1-15-6-4-2-3-5(14)7(6)8(13)9(10,11)12/h2-4,8,14H,13H2,1H3/t8-/m1/s1. The van der Waals surface area contributed by atoms with Crippen LogP contribution in [0.25, 0.3) is 0 Å². The van der Waals surface area contributed by atoms with Crippen LogP contribution < -0.4 is 10.5 Å².